The van der Waals surface area contributed by atoms with Crippen molar-refractivity contribution in [1.82, 2.24) is 0 Å². The summed E-state index contributed by atoms with van der Waals surface area (Å²) in [4.78, 5) is 23.5. The minimum Gasteiger partial charge on any atom is -0.493 e. The molecule has 1 heterocycles. The lowest BCUT2D eigenvalue weighted by atomic mass is 10.1. The van der Waals surface area contributed by atoms with Crippen LogP contribution in [0.5, 0.6) is 11.5 Å². The number of ether oxygens (including phenoxy) is 2. The Bertz CT molecular complexity index is 1270. The zero-order chi connectivity index (χ0) is 24.0. The third kappa shape index (κ3) is 5.60. The maximum Gasteiger partial charge on any atom is 0.371 e. The number of hydrogen-bond donors (Lipinski definition) is 2. The van der Waals surface area contributed by atoms with Crippen molar-refractivity contribution >= 4 is 23.6 Å². The van der Waals surface area contributed by atoms with E-state index in [4.69, 9.17) is 19.0 Å². The fourth-order valence-electron chi connectivity index (χ4n) is 3.00. The number of hydrogen-bond acceptors (Lipinski definition) is 6. The van der Waals surface area contributed by atoms with Crippen LogP contribution in [0.3, 0.4) is 0 Å². The number of nitriles is 1. The number of amides is 1. The number of carbonyl (C=O) groups is 2. The standard InChI is InChI=1S/C25H22N2O6/c1-15-5-4-6-20(16(15)2)27-24(28)18(13-26)11-17-7-9-21(23(12-17)31-3)32-14-19-8-10-22(33-19)25(29)30/h4-12H,14H2,1-3H3,(H,27,28)(H,29,30). The van der Waals surface area contributed by atoms with Gasteiger partial charge in [-0.3, -0.25) is 4.79 Å². The van der Waals surface area contributed by atoms with Gasteiger partial charge in [0.1, 0.15) is 24.0 Å². The normalized spacial score (nSPS) is 10.9. The van der Waals surface area contributed by atoms with Gasteiger partial charge in [-0.15, -0.1) is 0 Å². The number of aromatic carboxylic acids is 1. The van der Waals surface area contributed by atoms with E-state index >= 15 is 0 Å². The van der Waals surface area contributed by atoms with Gasteiger partial charge in [0.2, 0.25) is 5.76 Å². The van der Waals surface area contributed by atoms with E-state index in [1.807, 2.05) is 32.0 Å². The molecule has 8 nitrogen and oxygen atoms in total. The molecule has 0 aliphatic carbocycles. The highest BCUT2D eigenvalue weighted by molar-refractivity contribution is 6.10. The third-order valence-corrected chi connectivity index (χ3v) is 4.96. The Labute approximate surface area is 190 Å². The highest BCUT2D eigenvalue weighted by Crippen LogP contribution is 2.30. The first-order chi connectivity index (χ1) is 15.8. The van der Waals surface area contributed by atoms with E-state index < -0.39 is 11.9 Å². The molecule has 33 heavy (non-hydrogen) atoms. The number of carbonyl (C=O) groups excluding carboxylic acids is 1. The quantitative estimate of drug-likeness (QED) is 0.379. The molecule has 1 amide bonds. The zero-order valence-corrected chi connectivity index (χ0v) is 18.3. The number of carboxylic acid groups (broad SMARTS) is 1. The lowest BCUT2D eigenvalue weighted by molar-refractivity contribution is -0.112. The van der Waals surface area contributed by atoms with E-state index in [0.29, 0.717) is 28.5 Å². The molecular weight excluding hydrogens is 424 g/mol. The van der Waals surface area contributed by atoms with Crippen molar-refractivity contribution in [3.8, 4) is 17.6 Å². The van der Waals surface area contributed by atoms with Crippen LogP contribution in [0, 0.1) is 25.2 Å². The predicted octanol–water partition coefficient (Wildman–Crippen LogP) is 4.73. The van der Waals surface area contributed by atoms with Gasteiger partial charge in [-0.25, -0.2) is 4.79 Å². The maximum atomic E-state index is 12.6. The summed E-state index contributed by atoms with van der Waals surface area (Å²) in [5, 5.41) is 21.2. The summed E-state index contributed by atoms with van der Waals surface area (Å²) in [6, 6.07) is 15.3. The highest BCUT2D eigenvalue weighted by Gasteiger charge is 2.14. The number of methoxy groups -OCH3 is 1. The number of rotatable bonds is 8. The Morgan fingerprint density at radius 3 is 2.61 bits per heavy atom. The van der Waals surface area contributed by atoms with Crippen LogP contribution in [0.1, 0.15) is 33.0 Å². The minimum absolute atomic E-state index is 0.000517. The largest absolute Gasteiger partial charge is 0.493 e. The summed E-state index contributed by atoms with van der Waals surface area (Å²) in [5.74, 6) is -0.748. The average molecular weight is 446 g/mol. The molecule has 0 aliphatic heterocycles. The average Bonchev–Trinajstić information content (AvgIpc) is 3.28. The second kappa shape index (κ2) is 10.2. The van der Waals surface area contributed by atoms with Crippen molar-refractivity contribution < 1.29 is 28.6 Å². The molecule has 0 fully saturated rings. The number of nitrogens with one attached hydrogen (secondary N) is 1. The molecule has 1 aromatic heterocycles. The van der Waals surface area contributed by atoms with Gasteiger partial charge >= 0.3 is 5.97 Å². The SMILES string of the molecule is COc1cc(C=C(C#N)C(=O)Nc2cccc(C)c2C)ccc1OCc1ccc(C(=O)O)o1. The Morgan fingerprint density at radius 1 is 1.15 bits per heavy atom. The van der Waals surface area contributed by atoms with Gasteiger partial charge < -0.3 is 24.3 Å². The van der Waals surface area contributed by atoms with Gasteiger partial charge in [0.25, 0.3) is 5.91 Å². The molecule has 0 unspecified atom stereocenters. The van der Waals surface area contributed by atoms with Crippen molar-refractivity contribution in [3.05, 3.63) is 82.3 Å². The van der Waals surface area contributed by atoms with E-state index in [2.05, 4.69) is 5.32 Å². The number of furan rings is 1. The molecular formula is C25H22N2O6. The van der Waals surface area contributed by atoms with Crippen molar-refractivity contribution in [2.75, 3.05) is 12.4 Å². The predicted molar refractivity (Wildman–Crippen MR) is 121 cm³/mol. The van der Waals surface area contributed by atoms with Crippen LogP contribution in [0.2, 0.25) is 0 Å². The van der Waals surface area contributed by atoms with Crippen molar-refractivity contribution in [1.29, 1.82) is 5.26 Å². The first-order valence-electron chi connectivity index (χ1n) is 9.94. The topological polar surface area (TPSA) is 122 Å². The summed E-state index contributed by atoms with van der Waals surface area (Å²) < 4.78 is 16.2. The molecule has 8 heteroatoms. The Hall–Kier alpha value is -4.51. The summed E-state index contributed by atoms with van der Waals surface area (Å²) >= 11 is 0. The molecule has 168 valence electrons. The van der Waals surface area contributed by atoms with E-state index in [1.165, 1.54) is 25.3 Å². The third-order valence-electron chi connectivity index (χ3n) is 4.96. The molecule has 0 spiro atoms. The Kier molecular flexibility index (Phi) is 7.16. The van der Waals surface area contributed by atoms with Gasteiger partial charge in [0.05, 0.1) is 7.11 Å². The summed E-state index contributed by atoms with van der Waals surface area (Å²) in [5.41, 5.74) is 3.11. The molecule has 2 aromatic carbocycles. The van der Waals surface area contributed by atoms with Crippen molar-refractivity contribution in [3.63, 3.8) is 0 Å². The van der Waals surface area contributed by atoms with Crippen LogP contribution in [0.4, 0.5) is 5.69 Å². The van der Waals surface area contributed by atoms with Crippen LogP contribution in [-0.4, -0.2) is 24.1 Å². The number of benzene rings is 2. The molecule has 3 aromatic rings. The number of carboxylic acids is 1. The second-order valence-corrected chi connectivity index (χ2v) is 7.14. The summed E-state index contributed by atoms with van der Waals surface area (Å²) in [6.07, 6.45) is 1.46. The maximum absolute atomic E-state index is 12.6. The highest BCUT2D eigenvalue weighted by atomic mass is 16.5. The van der Waals surface area contributed by atoms with E-state index in [9.17, 15) is 14.9 Å². The molecule has 0 saturated heterocycles. The van der Waals surface area contributed by atoms with Gasteiger partial charge in [-0.2, -0.15) is 5.26 Å². The molecule has 2 N–H and O–H groups in total. The first-order valence-corrected chi connectivity index (χ1v) is 9.94. The second-order valence-electron chi connectivity index (χ2n) is 7.14. The van der Waals surface area contributed by atoms with Crippen LogP contribution >= 0.6 is 0 Å². The molecule has 0 atom stereocenters. The fourth-order valence-corrected chi connectivity index (χ4v) is 3.00. The first kappa shape index (κ1) is 23.2. The number of anilines is 1. The monoisotopic (exact) mass is 446 g/mol. The Morgan fingerprint density at radius 2 is 1.94 bits per heavy atom. The van der Waals surface area contributed by atoms with Gasteiger partial charge in [-0.1, -0.05) is 18.2 Å². The van der Waals surface area contributed by atoms with Crippen molar-refractivity contribution in [2.45, 2.75) is 20.5 Å². The Balaban J connectivity index is 1.76. The molecule has 0 radical (unpaired) electrons. The van der Waals surface area contributed by atoms with Crippen LogP contribution in [0.25, 0.3) is 6.08 Å². The van der Waals surface area contributed by atoms with E-state index in [0.717, 1.165) is 11.1 Å². The van der Waals surface area contributed by atoms with Gasteiger partial charge in [0, 0.05) is 5.69 Å². The molecule has 3 rings (SSSR count). The number of nitrogens with zero attached hydrogens (tertiary/aromatic N) is 1. The molecule has 0 saturated carbocycles. The zero-order valence-electron chi connectivity index (χ0n) is 18.3. The van der Waals surface area contributed by atoms with Gasteiger partial charge in [0.15, 0.2) is 11.5 Å². The van der Waals surface area contributed by atoms with Crippen LogP contribution in [-0.2, 0) is 11.4 Å². The minimum atomic E-state index is -1.16. The van der Waals surface area contributed by atoms with Gasteiger partial charge in [-0.05, 0) is 66.9 Å². The van der Waals surface area contributed by atoms with E-state index in [1.54, 1.807) is 24.3 Å². The summed E-state index contributed by atoms with van der Waals surface area (Å²) in [6.45, 7) is 3.84. The fraction of sp³-hybridized carbons (Fsp3) is 0.160. The van der Waals surface area contributed by atoms with E-state index in [-0.39, 0.29) is 17.9 Å². The van der Waals surface area contributed by atoms with Crippen LogP contribution < -0.4 is 14.8 Å². The number of aryl methyl sites for hydroxylation is 1. The smallest absolute Gasteiger partial charge is 0.371 e. The lowest BCUT2D eigenvalue weighted by Gasteiger charge is -2.11. The summed E-state index contributed by atoms with van der Waals surface area (Å²) in [7, 11) is 1.46. The molecule has 0 aliphatic rings. The van der Waals surface area contributed by atoms with Crippen LogP contribution in [0.15, 0.2) is 58.5 Å². The molecule has 0 bridgehead atoms. The van der Waals surface area contributed by atoms with Crippen molar-refractivity contribution in [2.24, 2.45) is 0 Å². The lowest BCUT2D eigenvalue weighted by Crippen LogP contribution is -2.14.